The van der Waals surface area contributed by atoms with Crippen molar-refractivity contribution in [1.82, 2.24) is 10.6 Å². The molecule has 0 saturated carbocycles. The molecule has 16 heavy (non-hydrogen) atoms. The first-order chi connectivity index (χ1) is 7.65. The van der Waals surface area contributed by atoms with Gasteiger partial charge in [-0.2, -0.15) is 0 Å². The summed E-state index contributed by atoms with van der Waals surface area (Å²) in [6.45, 7) is 0.929. The highest BCUT2D eigenvalue weighted by Gasteiger charge is 2.20. The van der Waals surface area contributed by atoms with Gasteiger partial charge in [-0.15, -0.1) is 0 Å². The average Bonchev–Trinajstić information content (AvgIpc) is 2.66. The summed E-state index contributed by atoms with van der Waals surface area (Å²) in [7, 11) is 0. The van der Waals surface area contributed by atoms with Crippen molar-refractivity contribution in [1.29, 1.82) is 0 Å². The van der Waals surface area contributed by atoms with E-state index in [0.717, 1.165) is 0 Å². The van der Waals surface area contributed by atoms with Gasteiger partial charge in [-0.3, -0.25) is 4.79 Å². The Kier molecular flexibility index (Phi) is 3.05. The van der Waals surface area contributed by atoms with Crippen LogP contribution in [-0.4, -0.2) is 23.6 Å². The lowest BCUT2D eigenvalue weighted by atomic mass is 10.1. The third-order valence-electron chi connectivity index (χ3n) is 2.60. The maximum atomic E-state index is 12.9. The van der Waals surface area contributed by atoms with Crippen LogP contribution in [0.4, 0.5) is 4.39 Å². The van der Waals surface area contributed by atoms with Crippen molar-refractivity contribution in [2.24, 2.45) is 0 Å². The van der Waals surface area contributed by atoms with E-state index in [1.807, 2.05) is 0 Å². The van der Waals surface area contributed by atoms with Crippen LogP contribution in [0, 0.1) is 5.82 Å². The third kappa shape index (κ3) is 2.49. The van der Waals surface area contributed by atoms with Gasteiger partial charge in [0.1, 0.15) is 11.6 Å². The molecule has 1 unspecified atom stereocenters. The van der Waals surface area contributed by atoms with E-state index < -0.39 is 0 Å². The predicted octanol–water partition coefficient (Wildman–Crippen LogP) is 0.509. The molecule has 86 valence electrons. The Morgan fingerprint density at radius 2 is 2.38 bits per heavy atom. The molecule has 5 heteroatoms. The molecule has 1 aromatic rings. The van der Waals surface area contributed by atoms with Crippen molar-refractivity contribution in [2.75, 3.05) is 6.54 Å². The van der Waals surface area contributed by atoms with Crippen LogP contribution in [0.2, 0.25) is 0 Å². The molecular weight excluding hydrogens is 211 g/mol. The van der Waals surface area contributed by atoms with Crippen molar-refractivity contribution >= 4 is 5.91 Å². The number of halogens is 1. The summed E-state index contributed by atoms with van der Waals surface area (Å²) < 4.78 is 12.9. The van der Waals surface area contributed by atoms with Gasteiger partial charge < -0.3 is 15.7 Å². The van der Waals surface area contributed by atoms with E-state index >= 15 is 0 Å². The Balaban J connectivity index is 1.94. The lowest BCUT2D eigenvalue weighted by Crippen LogP contribution is -2.30. The second-order valence-electron chi connectivity index (χ2n) is 3.86. The summed E-state index contributed by atoms with van der Waals surface area (Å²) in [5.74, 6) is -0.303. The zero-order chi connectivity index (χ0) is 11.5. The van der Waals surface area contributed by atoms with Gasteiger partial charge in [0.05, 0.1) is 0 Å². The molecule has 0 spiro atoms. The molecular formula is C11H13FN2O2. The van der Waals surface area contributed by atoms with Crippen LogP contribution in [0.1, 0.15) is 12.0 Å². The number of aromatic hydroxyl groups is 1. The van der Waals surface area contributed by atoms with E-state index in [0.29, 0.717) is 25.1 Å². The highest BCUT2D eigenvalue weighted by Crippen LogP contribution is 2.17. The Hall–Kier alpha value is -1.62. The summed E-state index contributed by atoms with van der Waals surface area (Å²) in [6, 6.07) is 3.87. The number of nitrogens with one attached hydrogen (secondary N) is 2. The molecule has 1 aromatic carbocycles. The lowest BCUT2D eigenvalue weighted by Gasteiger charge is -2.11. The lowest BCUT2D eigenvalue weighted by molar-refractivity contribution is -0.119. The number of rotatable bonds is 3. The Morgan fingerprint density at radius 1 is 1.56 bits per heavy atom. The summed E-state index contributed by atoms with van der Waals surface area (Å²) in [4.78, 5) is 10.9. The van der Waals surface area contributed by atoms with E-state index in [1.54, 1.807) is 0 Å². The van der Waals surface area contributed by atoms with Crippen molar-refractivity contribution in [3.8, 4) is 5.75 Å². The minimum absolute atomic E-state index is 0.0148. The van der Waals surface area contributed by atoms with Gasteiger partial charge in [-0.25, -0.2) is 4.39 Å². The van der Waals surface area contributed by atoms with Gasteiger partial charge in [0.15, 0.2) is 0 Å². The van der Waals surface area contributed by atoms with Crippen molar-refractivity contribution < 1.29 is 14.3 Å². The Bertz CT molecular complexity index is 409. The minimum Gasteiger partial charge on any atom is -0.508 e. The standard InChI is InChI=1S/C11H13FN2O2/c12-8-1-2-10(15)7(3-8)5-13-9-4-11(16)14-6-9/h1-3,9,13,15H,4-6H2,(H,14,16). The highest BCUT2D eigenvalue weighted by molar-refractivity contribution is 5.78. The topological polar surface area (TPSA) is 61.4 Å². The fourth-order valence-corrected chi connectivity index (χ4v) is 1.70. The molecule has 0 radical (unpaired) electrons. The average molecular weight is 224 g/mol. The highest BCUT2D eigenvalue weighted by atomic mass is 19.1. The van der Waals surface area contributed by atoms with Crippen molar-refractivity contribution in [2.45, 2.75) is 19.0 Å². The molecule has 1 fully saturated rings. The van der Waals surface area contributed by atoms with Gasteiger partial charge in [-0.1, -0.05) is 0 Å². The molecule has 3 N–H and O–H groups in total. The monoisotopic (exact) mass is 224 g/mol. The maximum absolute atomic E-state index is 12.9. The zero-order valence-electron chi connectivity index (χ0n) is 8.66. The number of benzene rings is 1. The Morgan fingerprint density at radius 3 is 3.06 bits per heavy atom. The number of amides is 1. The molecule has 1 amide bonds. The fourth-order valence-electron chi connectivity index (χ4n) is 1.70. The second-order valence-corrected chi connectivity index (χ2v) is 3.86. The number of hydrogen-bond donors (Lipinski definition) is 3. The largest absolute Gasteiger partial charge is 0.508 e. The number of phenolic OH excluding ortho intramolecular Hbond substituents is 1. The number of hydrogen-bond acceptors (Lipinski definition) is 3. The predicted molar refractivity (Wildman–Crippen MR) is 56.3 cm³/mol. The molecule has 1 aliphatic heterocycles. The zero-order valence-corrected chi connectivity index (χ0v) is 8.66. The molecule has 0 bridgehead atoms. The van der Waals surface area contributed by atoms with Crippen LogP contribution in [0.5, 0.6) is 5.75 Å². The summed E-state index contributed by atoms with van der Waals surface area (Å²) in [6.07, 6.45) is 0.427. The van der Waals surface area contributed by atoms with Crippen molar-refractivity contribution in [3.05, 3.63) is 29.6 Å². The molecule has 1 aliphatic rings. The van der Waals surface area contributed by atoms with Crippen LogP contribution < -0.4 is 10.6 Å². The van der Waals surface area contributed by atoms with Crippen molar-refractivity contribution in [3.63, 3.8) is 0 Å². The van der Waals surface area contributed by atoms with E-state index in [2.05, 4.69) is 10.6 Å². The smallest absolute Gasteiger partial charge is 0.221 e. The van der Waals surface area contributed by atoms with Gasteiger partial charge in [0.25, 0.3) is 0 Å². The summed E-state index contributed by atoms with van der Waals surface area (Å²) >= 11 is 0. The molecule has 2 rings (SSSR count). The van der Waals surface area contributed by atoms with Gasteiger partial charge >= 0.3 is 0 Å². The van der Waals surface area contributed by atoms with E-state index in [-0.39, 0.29) is 23.5 Å². The molecule has 0 aromatic heterocycles. The van der Waals surface area contributed by atoms with E-state index in [4.69, 9.17) is 0 Å². The maximum Gasteiger partial charge on any atom is 0.221 e. The molecule has 4 nitrogen and oxygen atoms in total. The minimum atomic E-state index is -0.379. The van der Waals surface area contributed by atoms with Crippen LogP contribution in [0.25, 0.3) is 0 Å². The Labute approximate surface area is 92.5 Å². The normalized spacial score (nSPS) is 19.8. The molecule has 1 atom stereocenters. The van der Waals surface area contributed by atoms with E-state index in [1.165, 1.54) is 18.2 Å². The first-order valence-electron chi connectivity index (χ1n) is 5.12. The quantitative estimate of drug-likeness (QED) is 0.701. The molecule has 1 saturated heterocycles. The first-order valence-corrected chi connectivity index (χ1v) is 5.12. The van der Waals surface area contributed by atoms with Crippen LogP contribution >= 0.6 is 0 Å². The van der Waals surface area contributed by atoms with Gasteiger partial charge in [0.2, 0.25) is 5.91 Å². The number of carbonyl (C=O) groups excluding carboxylic acids is 1. The molecule has 0 aliphatic carbocycles. The summed E-state index contributed by atoms with van der Waals surface area (Å²) in [5.41, 5.74) is 0.499. The second kappa shape index (κ2) is 4.49. The fraction of sp³-hybridized carbons (Fsp3) is 0.364. The third-order valence-corrected chi connectivity index (χ3v) is 2.60. The van der Waals surface area contributed by atoms with Gasteiger partial charge in [0, 0.05) is 31.1 Å². The van der Waals surface area contributed by atoms with Crippen LogP contribution in [0.15, 0.2) is 18.2 Å². The van der Waals surface area contributed by atoms with Crippen LogP contribution in [-0.2, 0) is 11.3 Å². The SMILES string of the molecule is O=C1CC(NCc2cc(F)ccc2O)CN1. The van der Waals surface area contributed by atoms with Gasteiger partial charge in [-0.05, 0) is 18.2 Å². The number of carbonyl (C=O) groups is 1. The summed E-state index contributed by atoms with van der Waals surface area (Å²) in [5, 5.41) is 15.3. The van der Waals surface area contributed by atoms with E-state index in [9.17, 15) is 14.3 Å². The molecule has 1 heterocycles. The van der Waals surface area contributed by atoms with Crippen LogP contribution in [0.3, 0.4) is 0 Å². The first kappa shape index (κ1) is 10.9. The number of phenols is 1.